The zero-order valence-electron chi connectivity index (χ0n) is 19.7. The van der Waals surface area contributed by atoms with Gasteiger partial charge in [0, 0.05) is 30.8 Å². The molecule has 2 aromatic rings. The molecule has 1 saturated carbocycles. The molecular weight excluding hydrogens is 418 g/mol. The highest BCUT2D eigenvalue weighted by Crippen LogP contribution is 2.35. The molecule has 0 bridgehead atoms. The second kappa shape index (κ2) is 10.8. The number of aryl methyl sites for hydroxylation is 1. The van der Waals surface area contributed by atoms with E-state index < -0.39 is 5.92 Å². The lowest BCUT2D eigenvalue weighted by atomic mass is 9.81. The van der Waals surface area contributed by atoms with Crippen LogP contribution in [0.2, 0.25) is 0 Å². The maximum Gasteiger partial charge on any atom is 0.315 e. The van der Waals surface area contributed by atoms with Gasteiger partial charge in [-0.1, -0.05) is 25.3 Å². The predicted molar refractivity (Wildman–Crippen MR) is 126 cm³/mol. The number of nitrogens with zero attached hydrogens (tertiary/aromatic N) is 3. The topological polar surface area (TPSA) is 100 Å². The number of piperidine rings is 1. The Labute approximate surface area is 195 Å². The zero-order valence-corrected chi connectivity index (χ0v) is 19.7. The van der Waals surface area contributed by atoms with Crippen LogP contribution in [0.15, 0.2) is 24.3 Å². The molecule has 2 aromatic heterocycles. The number of aromatic nitrogens is 3. The van der Waals surface area contributed by atoms with Gasteiger partial charge in [-0.2, -0.15) is 5.10 Å². The van der Waals surface area contributed by atoms with Crippen LogP contribution in [-0.4, -0.2) is 51.7 Å². The average molecular weight is 454 g/mol. The van der Waals surface area contributed by atoms with E-state index in [1.807, 2.05) is 43.0 Å². The lowest BCUT2D eigenvalue weighted by Gasteiger charge is -2.37. The number of carbonyl (C=O) groups excluding carboxylic acids is 2. The fraction of sp³-hybridized carbons (Fsp3) is 0.600. The van der Waals surface area contributed by atoms with Crippen LogP contribution in [0.25, 0.3) is 0 Å². The number of hydrogen-bond donors (Lipinski definition) is 2. The molecule has 1 atom stereocenters. The van der Waals surface area contributed by atoms with Gasteiger partial charge in [0.15, 0.2) is 5.82 Å². The number of ether oxygens (including phenoxy) is 1. The first-order chi connectivity index (χ1) is 16.0. The Kier molecular flexibility index (Phi) is 7.62. The quantitative estimate of drug-likeness (QED) is 0.606. The second-order valence-corrected chi connectivity index (χ2v) is 9.24. The molecule has 1 amide bonds. The summed E-state index contributed by atoms with van der Waals surface area (Å²) in [6.45, 7) is 5.48. The first-order valence-electron chi connectivity index (χ1n) is 12.3. The summed E-state index contributed by atoms with van der Waals surface area (Å²) >= 11 is 0. The van der Waals surface area contributed by atoms with Crippen LogP contribution < -0.4 is 5.32 Å². The molecule has 3 heterocycles. The van der Waals surface area contributed by atoms with Crippen LogP contribution >= 0.6 is 0 Å². The highest BCUT2D eigenvalue weighted by Gasteiger charge is 2.37. The van der Waals surface area contributed by atoms with E-state index in [0.29, 0.717) is 42.9 Å². The Morgan fingerprint density at radius 3 is 2.58 bits per heavy atom. The number of nitrogens with one attached hydrogen (secondary N) is 2. The Bertz CT molecular complexity index is 945. The minimum atomic E-state index is -0.445. The Morgan fingerprint density at radius 1 is 1.15 bits per heavy atom. The highest BCUT2D eigenvalue weighted by molar-refractivity contribution is 5.80. The van der Waals surface area contributed by atoms with Crippen molar-refractivity contribution in [2.45, 2.75) is 64.7 Å². The number of H-pyrrole nitrogens is 1. The lowest BCUT2D eigenvalue weighted by Crippen LogP contribution is -2.44. The molecule has 1 aliphatic heterocycles. The van der Waals surface area contributed by atoms with Crippen molar-refractivity contribution < 1.29 is 14.3 Å². The van der Waals surface area contributed by atoms with E-state index >= 15 is 0 Å². The summed E-state index contributed by atoms with van der Waals surface area (Å²) in [4.78, 5) is 32.7. The van der Waals surface area contributed by atoms with Crippen LogP contribution in [0.5, 0.6) is 0 Å². The van der Waals surface area contributed by atoms with Gasteiger partial charge in [0.05, 0.1) is 12.3 Å². The van der Waals surface area contributed by atoms with Gasteiger partial charge in [0.25, 0.3) is 0 Å². The van der Waals surface area contributed by atoms with Crippen molar-refractivity contribution in [3.8, 4) is 0 Å². The largest absolute Gasteiger partial charge is 0.465 e. The molecule has 2 aliphatic rings. The van der Waals surface area contributed by atoms with Gasteiger partial charge in [0.2, 0.25) is 5.91 Å². The molecular formula is C25H35N5O3. The van der Waals surface area contributed by atoms with E-state index in [9.17, 15) is 9.59 Å². The van der Waals surface area contributed by atoms with Crippen LogP contribution in [0, 0.1) is 18.8 Å². The van der Waals surface area contributed by atoms with Crippen molar-refractivity contribution in [2.75, 3.05) is 25.0 Å². The smallest absolute Gasteiger partial charge is 0.315 e. The highest BCUT2D eigenvalue weighted by atomic mass is 16.5. The first-order valence-corrected chi connectivity index (χ1v) is 12.3. The van der Waals surface area contributed by atoms with Crippen molar-refractivity contribution in [3.05, 3.63) is 35.7 Å². The van der Waals surface area contributed by atoms with Gasteiger partial charge in [-0.25, -0.2) is 4.98 Å². The minimum absolute atomic E-state index is 0.0924. The molecule has 33 heavy (non-hydrogen) atoms. The molecule has 8 heteroatoms. The maximum atomic E-state index is 13.0. The normalized spacial score (nSPS) is 18.7. The van der Waals surface area contributed by atoms with Crippen LogP contribution in [0.1, 0.15) is 69.2 Å². The van der Waals surface area contributed by atoms with Gasteiger partial charge >= 0.3 is 5.97 Å². The summed E-state index contributed by atoms with van der Waals surface area (Å²) in [7, 11) is 0. The maximum absolute atomic E-state index is 13.0. The molecule has 2 N–H and O–H groups in total. The summed E-state index contributed by atoms with van der Waals surface area (Å²) in [5.41, 5.74) is 1.65. The van der Waals surface area contributed by atoms with Crippen molar-refractivity contribution in [3.63, 3.8) is 0 Å². The Hall–Kier alpha value is -2.90. The first kappa shape index (κ1) is 23.3. The monoisotopic (exact) mass is 453 g/mol. The van der Waals surface area contributed by atoms with E-state index in [4.69, 9.17) is 9.72 Å². The Balaban J connectivity index is 1.46. The molecule has 178 valence electrons. The Morgan fingerprint density at radius 2 is 1.91 bits per heavy atom. The molecule has 0 unspecified atom stereocenters. The number of pyridine rings is 1. The van der Waals surface area contributed by atoms with Gasteiger partial charge in [-0.3, -0.25) is 14.7 Å². The van der Waals surface area contributed by atoms with Gasteiger partial charge in [-0.05, 0) is 57.6 Å². The number of carbonyl (C=O) groups is 2. The number of hydrogen-bond acceptors (Lipinski definition) is 6. The lowest BCUT2D eigenvalue weighted by molar-refractivity contribution is -0.147. The molecule has 4 rings (SSSR count). The molecule has 8 nitrogen and oxygen atoms in total. The van der Waals surface area contributed by atoms with E-state index in [0.717, 1.165) is 44.2 Å². The molecule has 1 aliphatic carbocycles. The third kappa shape index (κ3) is 5.72. The number of anilines is 2. The summed E-state index contributed by atoms with van der Waals surface area (Å²) in [5.74, 6) is 1.22. The van der Waals surface area contributed by atoms with Gasteiger partial charge in [0.1, 0.15) is 11.7 Å². The molecule has 2 fully saturated rings. The van der Waals surface area contributed by atoms with E-state index in [1.165, 1.54) is 6.42 Å². The predicted octanol–water partition coefficient (Wildman–Crippen LogP) is 4.32. The van der Waals surface area contributed by atoms with Gasteiger partial charge < -0.3 is 15.0 Å². The summed E-state index contributed by atoms with van der Waals surface area (Å²) in [6.07, 6.45) is 7.15. The van der Waals surface area contributed by atoms with E-state index in [1.54, 1.807) is 0 Å². The zero-order chi connectivity index (χ0) is 23.2. The number of amides is 1. The number of likely N-dealkylation sites (tertiary alicyclic amines) is 1. The third-order valence-electron chi connectivity index (χ3n) is 6.87. The minimum Gasteiger partial charge on any atom is -0.465 e. The second-order valence-electron chi connectivity index (χ2n) is 9.24. The third-order valence-corrected chi connectivity index (χ3v) is 6.87. The van der Waals surface area contributed by atoms with Crippen molar-refractivity contribution in [2.24, 2.45) is 11.8 Å². The molecule has 1 saturated heterocycles. The summed E-state index contributed by atoms with van der Waals surface area (Å²) in [5, 5.41) is 10.3. The number of esters is 1. The van der Waals surface area contributed by atoms with Crippen molar-refractivity contribution in [1.82, 2.24) is 20.1 Å². The number of rotatable bonds is 7. The van der Waals surface area contributed by atoms with E-state index in [2.05, 4.69) is 15.5 Å². The van der Waals surface area contributed by atoms with E-state index in [-0.39, 0.29) is 17.8 Å². The number of aromatic amines is 1. The van der Waals surface area contributed by atoms with Gasteiger partial charge in [-0.15, -0.1) is 0 Å². The standard InChI is InChI=1S/C25H35N5O3/c1-3-33-25(32)23(20-10-7-11-21(26-20)27-22-16-17(2)28-29-22)18-12-14-30(15-13-18)24(31)19-8-5-4-6-9-19/h7,10-11,16,18-19,23H,3-6,8-9,12-15H2,1-2H3,(H2,26,27,28,29)/t23-/m1/s1. The molecule has 0 radical (unpaired) electrons. The van der Waals surface area contributed by atoms with Crippen LogP contribution in [-0.2, 0) is 14.3 Å². The van der Waals surface area contributed by atoms with Crippen molar-refractivity contribution in [1.29, 1.82) is 0 Å². The SMILES string of the molecule is CCOC(=O)[C@@H](c1cccc(Nc2cc(C)[nH]n2)n1)C1CCN(C(=O)C2CCCCC2)CC1. The average Bonchev–Trinajstić information content (AvgIpc) is 3.24. The molecule has 0 spiro atoms. The van der Waals surface area contributed by atoms with Crippen molar-refractivity contribution >= 4 is 23.5 Å². The summed E-state index contributed by atoms with van der Waals surface area (Å²) in [6, 6.07) is 7.55. The fourth-order valence-electron chi connectivity index (χ4n) is 5.16. The van der Waals surface area contributed by atoms with Crippen LogP contribution in [0.3, 0.4) is 0 Å². The summed E-state index contributed by atoms with van der Waals surface area (Å²) < 4.78 is 5.45. The van der Waals surface area contributed by atoms with Crippen LogP contribution in [0.4, 0.5) is 11.6 Å². The fourth-order valence-corrected chi connectivity index (χ4v) is 5.16. The molecule has 0 aromatic carbocycles.